The zero-order valence-corrected chi connectivity index (χ0v) is 12.7. The summed E-state index contributed by atoms with van der Waals surface area (Å²) in [6, 6.07) is 5.45. The Morgan fingerprint density at radius 1 is 1.42 bits per heavy atom. The summed E-state index contributed by atoms with van der Waals surface area (Å²) >= 11 is 1.44. The fraction of sp³-hybridized carbons (Fsp3) is 0.500. The van der Waals surface area contributed by atoms with Crippen LogP contribution in [0, 0.1) is 5.92 Å². The first-order valence-electron chi connectivity index (χ1n) is 6.32. The molecule has 0 aliphatic heterocycles. The molecule has 1 aromatic rings. The Bertz CT molecular complexity index is 435. The van der Waals surface area contributed by atoms with Gasteiger partial charge in [-0.1, -0.05) is 13.8 Å². The minimum atomic E-state index is -0.187. The Labute approximate surface area is 119 Å². The van der Waals surface area contributed by atoms with Gasteiger partial charge in [-0.2, -0.15) is 0 Å². The van der Waals surface area contributed by atoms with Crippen molar-refractivity contribution in [1.82, 2.24) is 5.32 Å². The van der Waals surface area contributed by atoms with Gasteiger partial charge in [0, 0.05) is 17.1 Å². The number of benzene rings is 1. The third-order valence-corrected chi connectivity index (χ3v) is 3.75. The van der Waals surface area contributed by atoms with Crippen molar-refractivity contribution in [3.8, 4) is 5.75 Å². The van der Waals surface area contributed by atoms with Gasteiger partial charge in [0.2, 0.25) is 5.91 Å². The molecule has 0 heterocycles. The lowest BCUT2D eigenvalue weighted by atomic mass is 10.2. The molecule has 1 rings (SSSR count). The van der Waals surface area contributed by atoms with Gasteiger partial charge in [0.1, 0.15) is 5.75 Å². The van der Waals surface area contributed by atoms with Crippen molar-refractivity contribution in [2.75, 3.05) is 19.4 Å². The Morgan fingerprint density at radius 2 is 2.11 bits per heavy atom. The number of ether oxygens (including phenoxy) is 1. The van der Waals surface area contributed by atoms with Crippen LogP contribution in [0.5, 0.6) is 5.75 Å². The number of hydrogen-bond donors (Lipinski definition) is 2. The average molecular weight is 282 g/mol. The lowest BCUT2D eigenvalue weighted by molar-refractivity contribution is -0.120. The molecule has 0 saturated carbocycles. The van der Waals surface area contributed by atoms with Crippen LogP contribution in [-0.4, -0.2) is 24.8 Å². The highest BCUT2D eigenvalue weighted by Crippen LogP contribution is 2.32. The normalized spacial score (nSPS) is 12.3. The van der Waals surface area contributed by atoms with Crippen molar-refractivity contribution in [3.05, 3.63) is 18.2 Å². The van der Waals surface area contributed by atoms with Crippen LogP contribution in [0.3, 0.4) is 0 Å². The molecule has 0 radical (unpaired) electrons. The Balaban J connectivity index is 2.65. The maximum Gasteiger partial charge on any atom is 0.233 e. The largest absolute Gasteiger partial charge is 0.497 e. The fourth-order valence-corrected chi connectivity index (χ4v) is 2.40. The Morgan fingerprint density at radius 3 is 2.68 bits per heavy atom. The lowest BCUT2D eigenvalue weighted by Crippen LogP contribution is -2.33. The zero-order chi connectivity index (χ0) is 14.4. The van der Waals surface area contributed by atoms with E-state index in [-0.39, 0.29) is 11.2 Å². The van der Waals surface area contributed by atoms with E-state index in [4.69, 9.17) is 10.5 Å². The van der Waals surface area contributed by atoms with Crippen LogP contribution in [0.4, 0.5) is 5.69 Å². The number of carbonyl (C=O) groups is 1. The molecule has 3 N–H and O–H groups in total. The van der Waals surface area contributed by atoms with Gasteiger partial charge in [0.25, 0.3) is 0 Å². The molecule has 1 amide bonds. The molecule has 5 heteroatoms. The summed E-state index contributed by atoms with van der Waals surface area (Å²) in [5.41, 5.74) is 6.57. The topological polar surface area (TPSA) is 64.3 Å². The molecular weight excluding hydrogens is 260 g/mol. The van der Waals surface area contributed by atoms with E-state index in [9.17, 15) is 4.79 Å². The third-order valence-electron chi connectivity index (χ3n) is 2.58. The molecule has 19 heavy (non-hydrogen) atoms. The molecule has 0 fully saturated rings. The van der Waals surface area contributed by atoms with Crippen LogP contribution < -0.4 is 15.8 Å². The van der Waals surface area contributed by atoms with E-state index < -0.39 is 0 Å². The van der Waals surface area contributed by atoms with Crippen molar-refractivity contribution in [2.24, 2.45) is 5.92 Å². The Hall–Kier alpha value is -1.36. The predicted octanol–water partition coefficient (Wildman–Crippen LogP) is 2.53. The second-order valence-electron chi connectivity index (χ2n) is 4.80. The molecule has 0 bridgehead atoms. The SMILES string of the molecule is COc1ccc(N)c(SC(C)C(=O)NCC(C)C)c1. The minimum Gasteiger partial charge on any atom is -0.497 e. The summed E-state index contributed by atoms with van der Waals surface area (Å²) < 4.78 is 5.16. The highest BCUT2D eigenvalue weighted by atomic mass is 32.2. The first kappa shape index (κ1) is 15.7. The number of rotatable bonds is 6. The van der Waals surface area contributed by atoms with E-state index in [1.165, 1.54) is 11.8 Å². The molecule has 0 aliphatic carbocycles. The van der Waals surface area contributed by atoms with Gasteiger partial charge in [0.15, 0.2) is 0 Å². The average Bonchev–Trinajstić information content (AvgIpc) is 2.38. The molecule has 0 aromatic heterocycles. The zero-order valence-electron chi connectivity index (χ0n) is 11.9. The first-order chi connectivity index (χ1) is 8.93. The number of anilines is 1. The van der Waals surface area contributed by atoms with Crippen LogP contribution in [0.25, 0.3) is 0 Å². The van der Waals surface area contributed by atoms with Gasteiger partial charge < -0.3 is 15.8 Å². The van der Waals surface area contributed by atoms with E-state index in [1.54, 1.807) is 13.2 Å². The minimum absolute atomic E-state index is 0.0286. The van der Waals surface area contributed by atoms with Gasteiger partial charge in [-0.15, -0.1) is 11.8 Å². The van der Waals surface area contributed by atoms with Gasteiger partial charge >= 0.3 is 0 Å². The van der Waals surface area contributed by atoms with E-state index in [2.05, 4.69) is 19.2 Å². The van der Waals surface area contributed by atoms with Gasteiger partial charge in [-0.3, -0.25) is 4.79 Å². The molecule has 0 spiro atoms. The second-order valence-corrected chi connectivity index (χ2v) is 6.19. The second kappa shape index (κ2) is 7.28. The van der Waals surface area contributed by atoms with Crippen molar-refractivity contribution in [2.45, 2.75) is 30.9 Å². The molecule has 1 unspecified atom stereocenters. The van der Waals surface area contributed by atoms with Crippen molar-refractivity contribution < 1.29 is 9.53 Å². The number of amides is 1. The highest BCUT2D eigenvalue weighted by molar-refractivity contribution is 8.00. The summed E-state index contributed by atoms with van der Waals surface area (Å²) in [4.78, 5) is 12.8. The smallest absolute Gasteiger partial charge is 0.233 e. The number of thioether (sulfide) groups is 1. The van der Waals surface area contributed by atoms with Crippen LogP contribution in [0.1, 0.15) is 20.8 Å². The van der Waals surface area contributed by atoms with Crippen molar-refractivity contribution in [3.63, 3.8) is 0 Å². The molecule has 1 atom stereocenters. The molecule has 106 valence electrons. The number of hydrogen-bond acceptors (Lipinski definition) is 4. The number of nitrogens with two attached hydrogens (primary N) is 1. The fourth-order valence-electron chi connectivity index (χ4n) is 1.44. The molecule has 0 aliphatic rings. The highest BCUT2D eigenvalue weighted by Gasteiger charge is 2.16. The lowest BCUT2D eigenvalue weighted by Gasteiger charge is -2.15. The Kier molecular flexibility index (Phi) is 6.02. The number of nitrogen functional groups attached to an aromatic ring is 1. The maximum absolute atomic E-state index is 11.9. The predicted molar refractivity (Wildman–Crippen MR) is 80.6 cm³/mol. The van der Waals surface area contributed by atoms with E-state index in [0.717, 1.165) is 10.6 Å². The standard InChI is InChI=1S/C14H22N2O2S/c1-9(2)8-16-14(17)10(3)19-13-7-11(18-4)5-6-12(13)15/h5-7,9-10H,8,15H2,1-4H3,(H,16,17). The van der Waals surface area contributed by atoms with E-state index >= 15 is 0 Å². The van der Waals surface area contributed by atoms with E-state index in [1.807, 2.05) is 19.1 Å². The molecule has 1 aromatic carbocycles. The van der Waals surface area contributed by atoms with Gasteiger partial charge in [0.05, 0.1) is 12.4 Å². The van der Waals surface area contributed by atoms with Gasteiger partial charge in [-0.05, 0) is 31.0 Å². The van der Waals surface area contributed by atoms with Crippen LogP contribution in [-0.2, 0) is 4.79 Å². The van der Waals surface area contributed by atoms with Crippen molar-refractivity contribution >= 4 is 23.4 Å². The monoisotopic (exact) mass is 282 g/mol. The van der Waals surface area contributed by atoms with Crippen molar-refractivity contribution in [1.29, 1.82) is 0 Å². The third kappa shape index (κ3) is 5.03. The van der Waals surface area contributed by atoms with E-state index in [0.29, 0.717) is 18.2 Å². The number of methoxy groups -OCH3 is 1. The summed E-state index contributed by atoms with van der Waals surface area (Å²) in [6.07, 6.45) is 0. The molecular formula is C14H22N2O2S. The van der Waals surface area contributed by atoms with Gasteiger partial charge in [-0.25, -0.2) is 0 Å². The number of nitrogens with one attached hydrogen (secondary N) is 1. The maximum atomic E-state index is 11.9. The summed E-state index contributed by atoms with van der Waals surface area (Å²) in [6.45, 7) is 6.70. The summed E-state index contributed by atoms with van der Waals surface area (Å²) in [5.74, 6) is 1.22. The first-order valence-corrected chi connectivity index (χ1v) is 7.20. The van der Waals surface area contributed by atoms with Crippen LogP contribution in [0.2, 0.25) is 0 Å². The summed E-state index contributed by atoms with van der Waals surface area (Å²) in [5, 5.41) is 2.73. The van der Waals surface area contributed by atoms with Crippen LogP contribution >= 0.6 is 11.8 Å². The van der Waals surface area contributed by atoms with Crippen LogP contribution in [0.15, 0.2) is 23.1 Å². The molecule has 0 saturated heterocycles. The summed E-state index contributed by atoms with van der Waals surface area (Å²) in [7, 11) is 1.61. The molecule has 4 nitrogen and oxygen atoms in total. The number of carbonyl (C=O) groups excluding carboxylic acids is 1. The quantitative estimate of drug-likeness (QED) is 0.621.